The minimum absolute atomic E-state index is 0.293. The maximum Gasteiger partial charge on any atom is 0.150 e. The summed E-state index contributed by atoms with van der Waals surface area (Å²) in [6, 6.07) is 11.5. The monoisotopic (exact) mass is 240 g/mol. The third-order valence-electron chi connectivity index (χ3n) is 2.74. The third kappa shape index (κ3) is 1.78. The molecule has 2 heterocycles. The largest absolute Gasteiger partial charge is 0.298 e. The molecule has 18 heavy (non-hydrogen) atoms. The molecular formula is C14H9FN2O. The van der Waals surface area contributed by atoms with E-state index in [1.807, 2.05) is 6.07 Å². The average Bonchev–Trinajstić information content (AvgIpc) is 2.81. The van der Waals surface area contributed by atoms with Crippen molar-refractivity contribution >= 4 is 11.8 Å². The normalized spacial score (nSPS) is 10.7. The van der Waals surface area contributed by atoms with Crippen LogP contribution in [0, 0.1) is 5.82 Å². The Kier molecular flexibility index (Phi) is 2.41. The van der Waals surface area contributed by atoms with Gasteiger partial charge in [0.25, 0.3) is 0 Å². The first-order valence-electron chi connectivity index (χ1n) is 5.47. The fourth-order valence-electron chi connectivity index (χ4n) is 1.87. The summed E-state index contributed by atoms with van der Waals surface area (Å²) in [5.74, 6) is -0.293. The van der Waals surface area contributed by atoms with Crippen molar-refractivity contribution in [3.63, 3.8) is 0 Å². The van der Waals surface area contributed by atoms with Gasteiger partial charge < -0.3 is 0 Å². The van der Waals surface area contributed by atoms with Crippen LogP contribution in [0.2, 0.25) is 0 Å². The lowest BCUT2D eigenvalue weighted by Crippen LogP contribution is -1.88. The molecule has 3 aromatic rings. The number of carbonyl (C=O) groups is 1. The molecular weight excluding hydrogens is 231 g/mol. The number of hydrogen-bond donors (Lipinski definition) is 0. The van der Waals surface area contributed by atoms with Gasteiger partial charge >= 0.3 is 0 Å². The van der Waals surface area contributed by atoms with E-state index in [0.717, 1.165) is 11.8 Å². The Labute approximate surface area is 102 Å². The molecule has 0 N–H and O–H groups in total. The average molecular weight is 240 g/mol. The molecule has 2 aromatic heterocycles. The lowest BCUT2D eigenvalue weighted by Gasteiger charge is -1.95. The van der Waals surface area contributed by atoms with E-state index in [1.165, 1.54) is 12.1 Å². The predicted molar refractivity (Wildman–Crippen MR) is 66.0 cm³/mol. The fourth-order valence-corrected chi connectivity index (χ4v) is 1.87. The van der Waals surface area contributed by atoms with Gasteiger partial charge in [-0.2, -0.15) is 5.10 Å². The van der Waals surface area contributed by atoms with Gasteiger partial charge in [-0.3, -0.25) is 4.79 Å². The van der Waals surface area contributed by atoms with E-state index in [1.54, 1.807) is 35.0 Å². The molecule has 0 radical (unpaired) electrons. The Hall–Kier alpha value is -2.49. The van der Waals surface area contributed by atoms with Crippen LogP contribution in [-0.2, 0) is 0 Å². The van der Waals surface area contributed by atoms with Crippen LogP contribution >= 0.6 is 0 Å². The number of rotatable bonds is 2. The molecule has 88 valence electrons. The zero-order valence-electron chi connectivity index (χ0n) is 9.38. The van der Waals surface area contributed by atoms with E-state index in [4.69, 9.17) is 0 Å². The van der Waals surface area contributed by atoms with Crippen molar-refractivity contribution in [2.75, 3.05) is 0 Å². The number of aldehydes is 1. The van der Waals surface area contributed by atoms with Crippen LogP contribution in [0.5, 0.6) is 0 Å². The lowest BCUT2D eigenvalue weighted by atomic mass is 10.1. The summed E-state index contributed by atoms with van der Waals surface area (Å²) in [7, 11) is 0. The van der Waals surface area contributed by atoms with Gasteiger partial charge in [-0.05, 0) is 30.3 Å². The van der Waals surface area contributed by atoms with Gasteiger partial charge in [0.15, 0.2) is 0 Å². The zero-order valence-corrected chi connectivity index (χ0v) is 9.38. The summed E-state index contributed by atoms with van der Waals surface area (Å²) in [5, 5.41) is 4.33. The summed E-state index contributed by atoms with van der Waals surface area (Å²) < 4.78 is 14.8. The van der Waals surface area contributed by atoms with Crippen LogP contribution in [0.4, 0.5) is 4.39 Å². The van der Waals surface area contributed by atoms with E-state index in [2.05, 4.69) is 5.10 Å². The minimum Gasteiger partial charge on any atom is -0.298 e. The van der Waals surface area contributed by atoms with Gasteiger partial charge in [-0.25, -0.2) is 8.91 Å². The Morgan fingerprint density at radius 2 is 2.06 bits per heavy atom. The molecule has 0 aliphatic heterocycles. The van der Waals surface area contributed by atoms with Crippen LogP contribution in [-0.4, -0.2) is 15.9 Å². The van der Waals surface area contributed by atoms with Crippen molar-refractivity contribution in [2.45, 2.75) is 0 Å². The molecule has 0 unspecified atom stereocenters. The van der Waals surface area contributed by atoms with Crippen molar-refractivity contribution in [1.29, 1.82) is 0 Å². The molecule has 3 rings (SSSR count). The van der Waals surface area contributed by atoms with Crippen molar-refractivity contribution in [3.8, 4) is 11.3 Å². The number of benzene rings is 1. The Bertz CT molecular complexity index is 733. The van der Waals surface area contributed by atoms with E-state index in [0.29, 0.717) is 16.8 Å². The number of hydrogen-bond acceptors (Lipinski definition) is 2. The van der Waals surface area contributed by atoms with Gasteiger partial charge in [0.1, 0.15) is 12.1 Å². The molecule has 0 bridgehead atoms. The smallest absolute Gasteiger partial charge is 0.150 e. The summed E-state index contributed by atoms with van der Waals surface area (Å²) >= 11 is 0. The maximum atomic E-state index is 13.1. The van der Waals surface area contributed by atoms with Gasteiger partial charge in [0, 0.05) is 17.3 Å². The summed E-state index contributed by atoms with van der Waals surface area (Å²) in [5.41, 5.74) is 2.79. The standard InChI is InChI=1S/C14H9FN2O/c15-12-3-1-2-11(7-12)14-8-13-6-10(9-18)4-5-17(13)16-14/h1-9H. The van der Waals surface area contributed by atoms with Gasteiger partial charge in [0.2, 0.25) is 0 Å². The number of fused-ring (bicyclic) bond motifs is 1. The van der Waals surface area contributed by atoms with Gasteiger partial charge in [0.05, 0.1) is 11.2 Å². The van der Waals surface area contributed by atoms with Gasteiger partial charge in [-0.15, -0.1) is 0 Å². The molecule has 0 aliphatic rings. The van der Waals surface area contributed by atoms with E-state index in [9.17, 15) is 9.18 Å². The molecule has 3 nitrogen and oxygen atoms in total. The van der Waals surface area contributed by atoms with Crippen LogP contribution in [0.1, 0.15) is 10.4 Å². The number of carbonyl (C=O) groups excluding carboxylic acids is 1. The number of halogens is 1. The van der Waals surface area contributed by atoms with E-state index in [-0.39, 0.29) is 5.82 Å². The lowest BCUT2D eigenvalue weighted by molar-refractivity contribution is 0.112. The molecule has 4 heteroatoms. The predicted octanol–water partition coefficient (Wildman–Crippen LogP) is 2.95. The van der Waals surface area contributed by atoms with E-state index >= 15 is 0 Å². The van der Waals surface area contributed by atoms with Crippen LogP contribution in [0.15, 0.2) is 48.7 Å². The maximum absolute atomic E-state index is 13.1. The molecule has 0 amide bonds. The summed E-state index contributed by atoms with van der Waals surface area (Å²) in [4.78, 5) is 10.7. The highest BCUT2D eigenvalue weighted by molar-refractivity contribution is 5.78. The van der Waals surface area contributed by atoms with Crippen LogP contribution in [0.3, 0.4) is 0 Å². The van der Waals surface area contributed by atoms with Crippen molar-refractivity contribution in [2.24, 2.45) is 0 Å². The van der Waals surface area contributed by atoms with Crippen molar-refractivity contribution < 1.29 is 9.18 Å². The number of aromatic nitrogens is 2. The molecule has 0 saturated carbocycles. The number of nitrogens with zero attached hydrogens (tertiary/aromatic N) is 2. The highest BCUT2D eigenvalue weighted by Gasteiger charge is 2.05. The second-order valence-electron chi connectivity index (χ2n) is 3.99. The van der Waals surface area contributed by atoms with Crippen molar-refractivity contribution in [1.82, 2.24) is 9.61 Å². The molecule has 0 saturated heterocycles. The molecule has 1 aromatic carbocycles. The first-order chi connectivity index (χ1) is 8.76. The van der Waals surface area contributed by atoms with Crippen LogP contribution in [0.25, 0.3) is 16.8 Å². The SMILES string of the molecule is O=Cc1ccn2nc(-c3cccc(F)c3)cc2c1. The first kappa shape index (κ1) is 10.7. The molecule has 0 aliphatic carbocycles. The van der Waals surface area contributed by atoms with Crippen LogP contribution < -0.4 is 0 Å². The second-order valence-corrected chi connectivity index (χ2v) is 3.99. The molecule has 0 atom stereocenters. The molecule has 0 fully saturated rings. The quantitative estimate of drug-likeness (QED) is 0.645. The summed E-state index contributed by atoms with van der Waals surface area (Å²) in [6.45, 7) is 0. The molecule has 0 spiro atoms. The number of pyridine rings is 1. The minimum atomic E-state index is -0.293. The zero-order chi connectivity index (χ0) is 12.5. The van der Waals surface area contributed by atoms with Crippen molar-refractivity contribution in [3.05, 3.63) is 60.0 Å². The van der Waals surface area contributed by atoms with Gasteiger partial charge in [-0.1, -0.05) is 12.1 Å². The Morgan fingerprint density at radius 1 is 1.17 bits per heavy atom. The summed E-state index contributed by atoms with van der Waals surface area (Å²) in [6.07, 6.45) is 2.50. The van der Waals surface area contributed by atoms with E-state index < -0.39 is 0 Å². The topological polar surface area (TPSA) is 34.4 Å². The third-order valence-corrected chi connectivity index (χ3v) is 2.74. The Balaban J connectivity index is 2.16. The highest BCUT2D eigenvalue weighted by atomic mass is 19.1. The second kappa shape index (κ2) is 4.07. The fraction of sp³-hybridized carbons (Fsp3) is 0. The first-order valence-corrected chi connectivity index (χ1v) is 5.47. The Morgan fingerprint density at radius 3 is 2.83 bits per heavy atom. The highest BCUT2D eigenvalue weighted by Crippen LogP contribution is 2.20.